The molecule has 0 aromatic heterocycles. The number of aliphatic hydroxyl groups is 2. The van der Waals surface area contributed by atoms with Gasteiger partial charge in [-0.25, -0.2) is 0 Å². The third-order valence-electron chi connectivity index (χ3n) is 15.7. The zero-order valence-electron chi connectivity index (χ0n) is 50.2. The molecule has 16 bridgehead atoms. The molecule has 0 unspecified atom stereocenters. The van der Waals surface area contributed by atoms with Crippen LogP contribution in [0.15, 0.2) is 97.1 Å². The van der Waals surface area contributed by atoms with Crippen LogP contribution in [0, 0.1) is 0 Å². The van der Waals surface area contributed by atoms with Gasteiger partial charge < -0.3 is 67.1 Å². The number of benzene rings is 6. The van der Waals surface area contributed by atoms with E-state index in [4.69, 9.17) is 67.1 Å². The standard InChI is InChI=1S/C66H68N4O22/c71-21-27-81-29-31-83-33-35-85-37-39-87-43-5-1-41(2-6-43)65-89-23-17-67-57(73)45-9-13-49-55-50(14-10-46(53(45)55)58(67)74)62(78)69(61(49)77)19-25-91-66(42-3-7-44(8-4-42)88-40-38-86-36-34-84-32-30-82-28-22-72)92-26-20-70-63(79)51-15-11-47-54-48(12-16-52(56(51)54)64(70)80)60(76)68(59(47)75)18-24-90-65/h1-16,65-66,71-72H,17-40H2. The molecular weight excluding hydrogens is 1200 g/mol. The van der Waals surface area contributed by atoms with E-state index in [9.17, 15) is 38.4 Å². The monoisotopic (exact) mass is 1270 g/mol. The summed E-state index contributed by atoms with van der Waals surface area (Å²) in [6.07, 6.45) is -2.38. The Hall–Kier alpha value is -8.48. The number of hydrogen-bond acceptors (Lipinski definition) is 22. The van der Waals surface area contributed by atoms with Crippen molar-refractivity contribution in [1.82, 2.24) is 19.6 Å². The number of rotatable bonds is 26. The minimum Gasteiger partial charge on any atom is -0.491 e. The number of nitrogens with zero attached hydrogens (tertiary/aromatic N) is 4. The summed E-state index contributed by atoms with van der Waals surface area (Å²) in [4.78, 5) is 119. The molecule has 26 nitrogen and oxygen atoms in total. The van der Waals surface area contributed by atoms with Gasteiger partial charge in [-0.05, 0) is 72.8 Å². The minimum atomic E-state index is -1.19. The maximum Gasteiger partial charge on any atom is 0.261 e. The van der Waals surface area contributed by atoms with Gasteiger partial charge in [0.25, 0.3) is 47.3 Å². The third kappa shape index (κ3) is 14.1. The molecule has 0 saturated heterocycles. The fourth-order valence-electron chi connectivity index (χ4n) is 11.3. The van der Waals surface area contributed by atoms with Crippen molar-refractivity contribution in [2.24, 2.45) is 0 Å². The highest BCUT2D eigenvalue weighted by molar-refractivity contribution is 6.34. The van der Waals surface area contributed by atoms with Gasteiger partial charge in [0.1, 0.15) is 24.7 Å². The van der Waals surface area contributed by atoms with Crippen LogP contribution in [-0.4, -0.2) is 235 Å². The molecule has 15 heterocycles. The Kier molecular flexibility index (Phi) is 21.7. The highest BCUT2D eigenvalue weighted by Gasteiger charge is 2.42. The second kappa shape index (κ2) is 30.8. The Morgan fingerprint density at radius 1 is 0.293 bits per heavy atom. The van der Waals surface area contributed by atoms with E-state index in [0.717, 1.165) is 19.6 Å². The van der Waals surface area contributed by atoms with Crippen LogP contribution in [0.1, 0.15) is 107 Å². The molecule has 6 aromatic rings. The third-order valence-corrected chi connectivity index (χ3v) is 15.7. The molecule has 0 spiro atoms. The van der Waals surface area contributed by atoms with Crippen molar-refractivity contribution in [3.8, 4) is 11.5 Å². The van der Waals surface area contributed by atoms with Gasteiger partial charge in [-0.3, -0.25) is 58.0 Å². The molecule has 0 radical (unpaired) electrons. The first-order chi connectivity index (χ1) is 45.0. The van der Waals surface area contributed by atoms with Gasteiger partial charge in [-0.15, -0.1) is 0 Å². The Balaban J connectivity index is 0.820. The smallest absolute Gasteiger partial charge is 0.261 e. The lowest BCUT2D eigenvalue weighted by molar-refractivity contribution is -0.148. The fraction of sp³-hybridized carbons (Fsp3) is 0.394. The van der Waals surface area contributed by atoms with E-state index in [2.05, 4.69) is 0 Å². The number of carbonyl (C=O) groups is 8. The van der Waals surface area contributed by atoms with Gasteiger partial charge in [-0.2, -0.15) is 0 Å². The number of aliphatic hydroxyl groups excluding tert-OH is 2. The average Bonchev–Trinajstić information content (AvgIpc) is 0.724. The number of amides is 8. The van der Waals surface area contributed by atoms with E-state index in [0.29, 0.717) is 75.5 Å². The van der Waals surface area contributed by atoms with Gasteiger partial charge in [-0.1, -0.05) is 24.3 Å². The largest absolute Gasteiger partial charge is 0.491 e. The van der Waals surface area contributed by atoms with Crippen LogP contribution in [0.5, 0.6) is 11.5 Å². The SMILES string of the molecule is O=C1c2ccc3c4c5ccc(c24)C(=O)N1CCOC(c1ccc(OCCOCCOCCOCCO)cc1)OCCN1C(=O)c2ccc4c6c(ccc(c26)C1=O)C(=O)N(CCOC(c1ccc(OCCOCCOCCOCCO)cc1)OCCN(C3=O)C5=O)C4=O. The molecule has 8 amide bonds. The zero-order chi connectivity index (χ0) is 64.1. The molecular formula is C66H68N4O22. The molecule has 92 heavy (non-hydrogen) atoms. The first kappa shape index (κ1) is 65.0. The molecule has 2 N–H and O–H groups in total. The van der Waals surface area contributed by atoms with E-state index in [-0.39, 0.29) is 172 Å². The van der Waals surface area contributed by atoms with Crippen molar-refractivity contribution in [3.63, 3.8) is 0 Å². The predicted molar refractivity (Wildman–Crippen MR) is 322 cm³/mol. The predicted octanol–water partition coefficient (Wildman–Crippen LogP) is 4.40. The van der Waals surface area contributed by atoms with Crippen molar-refractivity contribution in [1.29, 1.82) is 0 Å². The molecule has 21 rings (SSSR count). The quantitative estimate of drug-likeness (QED) is 0.0562. The number of ether oxygens (including phenoxy) is 12. The Morgan fingerprint density at radius 2 is 0.500 bits per heavy atom. The Morgan fingerprint density at radius 3 is 0.717 bits per heavy atom. The highest BCUT2D eigenvalue weighted by atomic mass is 16.7. The molecule has 484 valence electrons. The van der Waals surface area contributed by atoms with Crippen molar-refractivity contribution in [3.05, 3.63) is 153 Å². The van der Waals surface area contributed by atoms with Gasteiger partial charge >= 0.3 is 0 Å². The van der Waals surface area contributed by atoms with E-state index in [1.54, 1.807) is 48.5 Å². The van der Waals surface area contributed by atoms with Crippen molar-refractivity contribution < 1.29 is 105 Å². The van der Waals surface area contributed by atoms with Gasteiger partial charge in [0.05, 0.1) is 145 Å². The Bertz CT molecular complexity index is 3180. The molecule has 0 fully saturated rings. The topological polar surface area (TPSA) is 301 Å². The van der Waals surface area contributed by atoms with Crippen LogP contribution in [-0.2, 0) is 47.4 Å². The van der Waals surface area contributed by atoms with Gasteiger partial charge in [0, 0.05) is 77.2 Å². The molecule has 15 aliphatic rings. The lowest BCUT2D eigenvalue weighted by Gasteiger charge is -2.33. The summed E-state index contributed by atoms with van der Waals surface area (Å²) < 4.78 is 69.4. The molecule has 6 aromatic carbocycles. The average molecular weight is 1270 g/mol. The van der Waals surface area contributed by atoms with E-state index in [1.807, 2.05) is 0 Å². The van der Waals surface area contributed by atoms with Crippen LogP contribution in [0.2, 0.25) is 0 Å². The lowest BCUT2D eigenvalue weighted by Crippen LogP contribution is -2.45. The van der Waals surface area contributed by atoms with Crippen molar-refractivity contribution >= 4 is 68.8 Å². The molecule has 26 heteroatoms. The summed E-state index contributed by atoms with van der Waals surface area (Å²) in [6, 6.07) is 25.0. The zero-order valence-corrected chi connectivity index (χ0v) is 50.2. The van der Waals surface area contributed by atoms with Crippen LogP contribution in [0.4, 0.5) is 0 Å². The first-order valence-corrected chi connectivity index (χ1v) is 30.2. The Labute approximate surface area is 527 Å². The maximum absolute atomic E-state index is 14.4. The van der Waals surface area contributed by atoms with E-state index in [1.165, 1.54) is 48.5 Å². The molecule has 0 atom stereocenters. The van der Waals surface area contributed by atoms with Gasteiger partial charge in [0.15, 0.2) is 12.6 Å². The van der Waals surface area contributed by atoms with Crippen molar-refractivity contribution in [2.75, 3.05) is 158 Å². The highest BCUT2D eigenvalue weighted by Crippen LogP contribution is 2.40. The summed E-state index contributed by atoms with van der Waals surface area (Å²) in [5.41, 5.74) is 1.65. The number of imide groups is 4. The summed E-state index contributed by atoms with van der Waals surface area (Å²) in [5.74, 6) is -4.52. The van der Waals surface area contributed by atoms with E-state index >= 15 is 0 Å². The van der Waals surface area contributed by atoms with Crippen LogP contribution in [0.25, 0.3) is 21.5 Å². The number of carbonyl (C=O) groups excluding carboxylic acids is 8. The summed E-state index contributed by atoms with van der Waals surface area (Å²) in [5, 5.41) is 18.3. The molecule has 15 aliphatic heterocycles. The summed E-state index contributed by atoms with van der Waals surface area (Å²) >= 11 is 0. The number of hydrogen-bond donors (Lipinski definition) is 2. The second-order valence-corrected chi connectivity index (χ2v) is 21.3. The lowest BCUT2D eigenvalue weighted by atomic mass is 9.86. The fourth-order valence-corrected chi connectivity index (χ4v) is 11.3. The maximum atomic E-state index is 14.4. The van der Waals surface area contributed by atoms with Crippen LogP contribution < -0.4 is 9.47 Å². The summed E-state index contributed by atoms with van der Waals surface area (Å²) in [6.45, 7) is 1.96. The van der Waals surface area contributed by atoms with Crippen LogP contribution in [0.3, 0.4) is 0 Å². The molecule has 0 saturated carbocycles. The van der Waals surface area contributed by atoms with Crippen LogP contribution >= 0.6 is 0 Å². The van der Waals surface area contributed by atoms with Gasteiger partial charge in [0.2, 0.25) is 0 Å². The normalized spacial score (nSPS) is 18.0. The summed E-state index contributed by atoms with van der Waals surface area (Å²) in [7, 11) is 0. The van der Waals surface area contributed by atoms with E-state index < -0.39 is 59.8 Å². The molecule has 0 aliphatic carbocycles. The first-order valence-electron chi connectivity index (χ1n) is 30.2. The minimum absolute atomic E-state index is 0.0624. The second-order valence-electron chi connectivity index (χ2n) is 21.3. The van der Waals surface area contributed by atoms with Crippen molar-refractivity contribution in [2.45, 2.75) is 12.6 Å².